The summed E-state index contributed by atoms with van der Waals surface area (Å²) < 4.78 is 27.0. The minimum Gasteiger partial charge on any atom is -0.333 e. The lowest BCUT2D eigenvalue weighted by atomic mass is 10.0. The lowest BCUT2D eigenvalue weighted by molar-refractivity contribution is 0.0642. The van der Waals surface area contributed by atoms with Crippen molar-refractivity contribution in [2.24, 2.45) is 0 Å². The van der Waals surface area contributed by atoms with Crippen molar-refractivity contribution < 1.29 is 13.6 Å². The molecular weight excluding hydrogens is 224 g/mol. The number of carbonyl (C=O) groups is 1. The van der Waals surface area contributed by atoms with E-state index in [0.29, 0.717) is 6.54 Å². The molecule has 1 aliphatic rings. The zero-order valence-corrected chi connectivity index (χ0v) is 9.96. The lowest BCUT2D eigenvalue weighted by Crippen LogP contribution is -2.43. The molecule has 1 amide bonds. The molecule has 1 heterocycles. The second-order valence-corrected chi connectivity index (χ2v) is 4.97. The number of halogens is 2. The van der Waals surface area contributed by atoms with Crippen LogP contribution in [0.4, 0.5) is 8.78 Å². The van der Waals surface area contributed by atoms with Gasteiger partial charge in [0, 0.05) is 12.1 Å². The van der Waals surface area contributed by atoms with E-state index in [0.717, 1.165) is 25.0 Å². The summed E-state index contributed by atoms with van der Waals surface area (Å²) in [4.78, 5) is 13.7. The molecule has 0 bridgehead atoms. The number of hydrogen-bond donors (Lipinski definition) is 0. The van der Waals surface area contributed by atoms with Crippen LogP contribution in [0.15, 0.2) is 18.2 Å². The first-order valence-corrected chi connectivity index (χ1v) is 5.69. The normalized spacial score (nSPS) is 18.5. The average molecular weight is 239 g/mol. The van der Waals surface area contributed by atoms with E-state index < -0.39 is 23.1 Å². The Morgan fingerprint density at radius 1 is 1.29 bits per heavy atom. The number of carbonyl (C=O) groups excluding carboxylic acids is 1. The van der Waals surface area contributed by atoms with Gasteiger partial charge in [0.2, 0.25) is 0 Å². The molecule has 1 aromatic carbocycles. The molecule has 1 saturated heterocycles. The third kappa shape index (κ3) is 2.04. The Balaban J connectivity index is 2.38. The molecule has 0 aliphatic carbocycles. The molecule has 0 N–H and O–H groups in total. The Labute approximate surface area is 99.2 Å². The second-order valence-electron chi connectivity index (χ2n) is 4.97. The van der Waals surface area contributed by atoms with Crippen LogP contribution < -0.4 is 0 Å². The van der Waals surface area contributed by atoms with Crippen LogP contribution in [0, 0.1) is 11.6 Å². The number of benzene rings is 1. The van der Waals surface area contributed by atoms with Gasteiger partial charge in [0.15, 0.2) is 0 Å². The van der Waals surface area contributed by atoms with Gasteiger partial charge in [-0.15, -0.1) is 0 Å². The first-order valence-electron chi connectivity index (χ1n) is 5.69. The van der Waals surface area contributed by atoms with Crippen LogP contribution in [0.1, 0.15) is 37.0 Å². The molecule has 1 aliphatic heterocycles. The summed E-state index contributed by atoms with van der Waals surface area (Å²) in [5, 5.41) is 0. The fourth-order valence-electron chi connectivity index (χ4n) is 2.32. The Morgan fingerprint density at radius 2 is 1.88 bits per heavy atom. The third-order valence-corrected chi connectivity index (χ3v) is 3.32. The van der Waals surface area contributed by atoms with Crippen LogP contribution in [-0.2, 0) is 0 Å². The van der Waals surface area contributed by atoms with Gasteiger partial charge < -0.3 is 4.90 Å². The Bertz CT molecular complexity index is 436. The van der Waals surface area contributed by atoms with E-state index in [9.17, 15) is 13.6 Å². The zero-order valence-electron chi connectivity index (χ0n) is 9.96. The summed E-state index contributed by atoms with van der Waals surface area (Å²) in [6, 6.07) is 3.48. The van der Waals surface area contributed by atoms with Gasteiger partial charge in [-0.2, -0.15) is 0 Å². The van der Waals surface area contributed by atoms with Gasteiger partial charge in [0.05, 0.1) is 0 Å². The fraction of sp³-hybridized carbons (Fsp3) is 0.462. The molecular formula is C13H15F2NO. The maximum absolute atomic E-state index is 13.5. The van der Waals surface area contributed by atoms with E-state index in [1.54, 1.807) is 4.90 Å². The van der Waals surface area contributed by atoms with Gasteiger partial charge in [-0.05, 0) is 38.8 Å². The highest BCUT2D eigenvalue weighted by Gasteiger charge is 2.37. The Kier molecular flexibility index (Phi) is 2.89. The quantitative estimate of drug-likeness (QED) is 0.737. The average Bonchev–Trinajstić information content (AvgIpc) is 2.57. The molecule has 17 heavy (non-hydrogen) atoms. The summed E-state index contributed by atoms with van der Waals surface area (Å²) >= 11 is 0. The summed E-state index contributed by atoms with van der Waals surface area (Å²) in [6.45, 7) is 4.38. The van der Waals surface area contributed by atoms with E-state index in [4.69, 9.17) is 0 Å². The molecule has 0 radical (unpaired) electrons. The smallest absolute Gasteiger partial charge is 0.260 e. The molecule has 0 spiro atoms. The van der Waals surface area contributed by atoms with Crippen molar-refractivity contribution in [2.45, 2.75) is 32.2 Å². The van der Waals surface area contributed by atoms with Crippen molar-refractivity contribution in [1.82, 2.24) is 4.90 Å². The number of rotatable bonds is 1. The highest BCUT2D eigenvalue weighted by atomic mass is 19.1. The first kappa shape index (κ1) is 12.0. The summed E-state index contributed by atoms with van der Waals surface area (Å²) in [6.07, 6.45) is 1.73. The van der Waals surface area contributed by atoms with Crippen molar-refractivity contribution >= 4 is 5.91 Å². The van der Waals surface area contributed by atoms with Gasteiger partial charge >= 0.3 is 0 Å². The summed E-state index contributed by atoms with van der Waals surface area (Å²) in [5.74, 6) is -2.14. The monoisotopic (exact) mass is 239 g/mol. The molecule has 1 aromatic rings. The predicted molar refractivity (Wildman–Crippen MR) is 60.7 cm³/mol. The van der Waals surface area contributed by atoms with Crippen molar-refractivity contribution in [3.63, 3.8) is 0 Å². The second kappa shape index (κ2) is 4.09. The highest BCUT2D eigenvalue weighted by Crippen LogP contribution is 2.30. The Morgan fingerprint density at radius 3 is 2.35 bits per heavy atom. The number of likely N-dealkylation sites (tertiary alicyclic amines) is 1. The van der Waals surface area contributed by atoms with Crippen LogP contribution >= 0.6 is 0 Å². The van der Waals surface area contributed by atoms with Gasteiger partial charge in [0.1, 0.15) is 17.2 Å². The van der Waals surface area contributed by atoms with Crippen LogP contribution in [0.3, 0.4) is 0 Å². The van der Waals surface area contributed by atoms with E-state index in [1.807, 2.05) is 13.8 Å². The molecule has 92 valence electrons. The Hall–Kier alpha value is -1.45. The minimum atomic E-state index is -0.794. The van der Waals surface area contributed by atoms with Crippen molar-refractivity contribution in [2.75, 3.05) is 6.54 Å². The van der Waals surface area contributed by atoms with Crippen molar-refractivity contribution in [1.29, 1.82) is 0 Å². The van der Waals surface area contributed by atoms with E-state index in [1.165, 1.54) is 6.07 Å². The van der Waals surface area contributed by atoms with Crippen LogP contribution in [0.25, 0.3) is 0 Å². The minimum absolute atomic E-state index is 0.328. The number of amides is 1. The summed E-state index contributed by atoms with van der Waals surface area (Å²) in [5.41, 5.74) is -0.770. The SMILES string of the molecule is CC1(C)CCCN1C(=O)c1c(F)cccc1F. The predicted octanol–water partition coefficient (Wildman–Crippen LogP) is 2.98. The van der Waals surface area contributed by atoms with Gasteiger partial charge in [-0.1, -0.05) is 6.07 Å². The molecule has 2 nitrogen and oxygen atoms in total. The van der Waals surface area contributed by atoms with Crippen LogP contribution in [-0.4, -0.2) is 22.9 Å². The lowest BCUT2D eigenvalue weighted by Gasteiger charge is -2.31. The third-order valence-electron chi connectivity index (χ3n) is 3.32. The number of nitrogens with zero attached hydrogens (tertiary/aromatic N) is 1. The van der Waals surface area contributed by atoms with Gasteiger partial charge in [0.25, 0.3) is 5.91 Å². The van der Waals surface area contributed by atoms with Crippen LogP contribution in [0.5, 0.6) is 0 Å². The molecule has 4 heteroatoms. The molecule has 2 rings (SSSR count). The van der Waals surface area contributed by atoms with E-state index in [-0.39, 0.29) is 5.54 Å². The standard InChI is InChI=1S/C13H15F2NO/c1-13(2)7-4-8-16(13)12(17)11-9(14)5-3-6-10(11)15/h3,5-6H,4,7-8H2,1-2H3. The van der Waals surface area contributed by atoms with E-state index >= 15 is 0 Å². The number of hydrogen-bond acceptors (Lipinski definition) is 1. The van der Waals surface area contributed by atoms with Crippen molar-refractivity contribution in [3.05, 3.63) is 35.4 Å². The molecule has 1 fully saturated rings. The highest BCUT2D eigenvalue weighted by molar-refractivity contribution is 5.95. The molecule has 0 saturated carbocycles. The van der Waals surface area contributed by atoms with E-state index in [2.05, 4.69) is 0 Å². The molecule has 0 aromatic heterocycles. The largest absolute Gasteiger partial charge is 0.333 e. The van der Waals surface area contributed by atoms with Crippen LogP contribution in [0.2, 0.25) is 0 Å². The molecule has 0 atom stereocenters. The topological polar surface area (TPSA) is 20.3 Å². The fourth-order valence-corrected chi connectivity index (χ4v) is 2.32. The van der Waals surface area contributed by atoms with Gasteiger partial charge in [-0.25, -0.2) is 8.78 Å². The zero-order chi connectivity index (χ0) is 12.6. The van der Waals surface area contributed by atoms with Crippen molar-refractivity contribution in [3.8, 4) is 0 Å². The van der Waals surface area contributed by atoms with Gasteiger partial charge in [-0.3, -0.25) is 4.79 Å². The molecule has 0 unspecified atom stereocenters. The first-order chi connectivity index (χ1) is 7.93. The maximum Gasteiger partial charge on any atom is 0.260 e. The maximum atomic E-state index is 13.5. The summed E-state index contributed by atoms with van der Waals surface area (Å²) in [7, 11) is 0.